The van der Waals surface area contributed by atoms with Crippen LogP contribution in [0, 0.1) is 11.6 Å². The zero-order chi connectivity index (χ0) is 14.8. The Balaban J connectivity index is 1.85. The SMILES string of the molecule is O=C(Nc1c(F)cccc1F)c1cccnc1NC1CC1. The molecular formula is C15H13F2N3O. The lowest BCUT2D eigenvalue weighted by Gasteiger charge is -2.11. The molecule has 1 amide bonds. The molecule has 1 aliphatic carbocycles. The molecule has 1 aliphatic rings. The van der Waals surface area contributed by atoms with Crippen molar-refractivity contribution in [3.05, 3.63) is 53.7 Å². The van der Waals surface area contributed by atoms with Crippen molar-refractivity contribution in [1.29, 1.82) is 0 Å². The smallest absolute Gasteiger partial charge is 0.259 e. The van der Waals surface area contributed by atoms with Gasteiger partial charge in [0.1, 0.15) is 23.1 Å². The number of para-hydroxylation sites is 1. The third-order valence-electron chi connectivity index (χ3n) is 3.17. The summed E-state index contributed by atoms with van der Waals surface area (Å²) < 4.78 is 27.1. The number of aromatic nitrogens is 1. The maximum atomic E-state index is 13.6. The minimum absolute atomic E-state index is 0.257. The van der Waals surface area contributed by atoms with Crippen LogP contribution in [-0.2, 0) is 0 Å². The maximum absolute atomic E-state index is 13.6. The van der Waals surface area contributed by atoms with E-state index in [9.17, 15) is 13.6 Å². The average molecular weight is 289 g/mol. The molecule has 1 heterocycles. The Morgan fingerprint density at radius 2 is 1.86 bits per heavy atom. The van der Waals surface area contributed by atoms with E-state index in [0.29, 0.717) is 11.9 Å². The Bertz CT molecular complexity index is 666. The van der Waals surface area contributed by atoms with Crippen molar-refractivity contribution >= 4 is 17.4 Å². The molecule has 1 fully saturated rings. The molecule has 4 nitrogen and oxygen atoms in total. The van der Waals surface area contributed by atoms with Crippen LogP contribution in [0.15, 0.2) is 36.5 Å². The van der Waals surface area contributed by atoms with Gasteiger partial charge in [-0.15, -0.1) is 0 Å². The normalized spacial score (nSPS) is 13.8. The highest BCUT2D eigenvalue weighted by atomic mass is 19.1. The number of amides is 1. The van der Waals surface area contributed by atoms with Crippen molar-refractivity contribution in [2.45, 2.75) is 18.9 Å². The molecule has 2 N–H and O–H groups in total. The van der Waals surface area contributed by atoms with E-state index < -0.39 is 23.2 Å². The number of carbonyl (C=O) groups excluding carboxylic acids is 1. The molecule has 6 heteroatoms. The van der Waals surface area contributed by atoms with E-state index in [1.807, 2.05) is 0 Å². The summed E-state index contributed by atoms with van der Waals surface area (Å²) in [6.45, 7) is 0. The summed E-state index contributed by atoms with van der Waals surface area (Å²) in [5.41, 5.74) is -0.198. The van der Waals surface area contributed by atoms with Gasteiger partial charge in [0.2, 0.25) is 0 Å². The Kier molecular flexibility index (Phi) is 3.51. The summed E-state index contributed by atoms with van der Waals surface area (Å²) in [5.74, 6) is -1.81. The van der Waals surface area contributed by atoms with E-state index in [1.54, 1.807) is 18.3 Å². The molecule has 2 aromatic rings. The first-order valence-electron chi connectivity index (χ1n) is 6.62. The summed E-state index contributed by atoms with van der Waals surface area (Å²) >= 11 is 0. The molecule has 0 spiro atoms. The maximum Gasteiger partial charge on any atom is 0.259 e. The molecule has 0 unspecified atom stereocenters. The zero-order valence-corrected chi connectivity index (χ0v) is 11.1. The number of anilines is 2. The van der Waals surface area contributed by atoms with Gasteiger partial charge in [-0.05, 0) is 37.1 Å². The quantitative estimate of drug-likeness (QED) is 0.909. The minimum Gasteiger partial charge on any atom is -0.367 e. The zero-order valence-electron chi connectivity index (χ0n) is 11.1. The van der Waals surface area contributed by atoms with Crippen LogP contribution in [0.3, 0.4) is 0 Å². The molecule has 21 heavy (non-hydrogen) atoms. The van der Waals surface area contributed by atoms with Gasteiger partial charge in [-0.2, -0.15) is 0 Å². The second-order valence-electron chi connectivity index (χ2n) is 4.87. The largest absolute Gasteiger partial charge is 0.367 e. The van der Waals surface area contributed by atoms with E-state index in [4.69, 9.17) is 0 Å². The lowest BCUT2D eigenvalue weighted by molar-refractivity contribution is 0.102. The Labute approximate surface area is 120 Å². The number of halogens is 2. The van der Waals surface area contributed by atoms with Gasteiger partial charge < -0.3 is 10.6 Å². The molecule has 0 radical (unpaired) electrons. The highest BCUT2D eigenvalue weighted by Crippen LogP contribution is 2.26. The van der Waals surface area contributed by atoms with Gasteiger partial charge >= 0.3 is 0 Å². The number of benzene rings is 1. The van der Waals surface area contributed by atoms with Crippen LogP contribution in [0.25, 0.3) is 0 Å². The number of hydrogen-bond acceptors (Lipinski definition) is 3. The van der Waals surface area contributed by atoms with E-state index in [1.165, 1.54) is 6.07 Å². The van der Waals surface area contributed by atoms with Crippen molar-refractivity contribution in [2.24, 2.45) is 0 Å². The topological polar surface area (TPSA) is 54.0 Å². The van der Waals surface area contributed by atoms with Crippen molar-refractivity contribution in [3.8, 4) is 0 Å². The number of pyridine rings is 1. The van der Waals surface area contributed by atoms with Gasteiger partial charge in [0.15, 0.2) is 0 Å². The van der Waals surface area contributed by atoms with Gasteiger partial charge in [0.05, 0.1) is 5.56 Å². The number of hydrogen-bond donors (Lipinski definition) is 2. The van der Waals surface area contributed by atoms with Crippen LogP contribution in [0.5, 0.6) is 0 Å². The minimum atomic E-state index is -0.816. The third kappa shape index (κ3) is 2.99. The summed E-state index contributed by atoms with van der Waals surface area (Å²) in [4.78, 5) is 16.3. The van der Waals surface area contributed by atoms with Crippen LogP contribution in [0.2, 0.25) is 0 Å². The van der Waals surface area contributed by atoms with Crippen LogP contribution in [0.4, 0.5) is 20.3 Å². The second-order valence-corrected chi connectivity index (χ2v) is 4.87. The fourth-order valence-electron chi connectivity index (χ4n) is 1.92. The van der Waals surface area contributed by atoms with Crippen molar-refractivity contribution in [1.82, 2.24) is 4.98 Å². The van der Waals surface area contributed by atoms with Gasteiger partial charge in [0.25, 0.3) is 5.91 Å². The lowest BCUT2D eigenvalue weighted by Crippen LogP contribution is -2.17. The summed E-state index contributed by atoms with van der Waals surface area (Å²) in [7, 11) is 0. The summed E-state index contributed by atoms with van der Waals surface area (Å²) in [6.07, 6.45) is 3.62. The molecule has 1 saturated carbocycles. The molecular weight excluding hydrogens is 276 g/mol. The molecule has 1 aromatic carbocycles. The van der Waals surface area contributed by atoms with Gasteiger partial charge in [-0.25, -0.2) is 13.8 Å². The van der Waals surface area contributed by atoms with E-state index >= 15 is 0 Å². The average Bonchev–Trinajstić information content (AvgIpc) is 3.27. The van der Waals surface area contributed by atoms with Crippen LogP contribution in [0.1, 0.15) is 23.2 Å². The molecule has 0 bridgehead atoms. The first-order valence-corrected chi connectivity index (χ1v) is 6.62. The first kappa shape index (κ1) is 13.5. The summed E-state index contributed by atoms with van der Waals surface area (Å²) in [5, 5.41) is 5.38. The number of rotatable bonds is 4. The fraction of sp³-hybridized carbons (Fsp3) is 0.200. The van der Waals surface area contributed by atoms with Crippen LogP contribution < -0.4 is 10.6 Å². The Hall–Kier alpha value is -2.50. The van der Waals surface area contributed by atoms with Gasteiger partial charge in [-0.3, -0.25) is 4.79 Å². The molecule has 0 atom stereocenters. The molecule has 108 valence electrons. The fourth-order valence-corrected chi connectivity index (χ4v) is 1.92. The Morgan fingerprint density at radius 1 is 1.14 bits per heavy atom. The third-order valence-corrected chi connectivity index (χ3v) is 3.17. The molecule has 1 aromatic heterocycles. The number of carbonyl (C=O) groups is 1. The van der Waals surface area contributed by atoms with E-state index in [2.05, 4.69) is 15.6 Å². The highest BCUT2D eigenvalue weighted by molar-refractivity contribution is 6.07. The molecule has 3 rings (SSSR count). The van der Waals surface area contributed by atoms with E-state index in [-0.39, 0.29) is 5.56 Å². The van der Waals surface area contributed by atoms with Crippen molar-refractivity contribution in [2.75, 3.05) is 10.6 Å². The lowest BCUT2D eigenvalue weighted by atomic mass is 10.2. The van der Waals surface area contributed by atoms with Crippen LogP contribution in [-0.4, -0.2) is 16.9 Å². The summed E-state index contributed by atoms with van der Waals surface area (Å²) in [6, 6.07) is 6.90. The van der Waals surface area contributed by atoms with Gasteiger partial charge in [0, 0.05) is 12.2 Å². The monoisotopic (exact) mass is 289 g/mol. The number of nitrogens with one attached hydrogen (secondary N) is 2. The number of nitrogens with zero attached hydrogens (tertiary/aromatic N) is 1. The van der Waals surface area contributed by atoms with E-state index in [0.717, 1.165) is 25.0 Å². The van der Waals surface area contributed by atoms with Crippen molar-refractivity contribution < 1.29 is 13.6 Å². The predicted octanol–water partition coefficient (Wildman–Crippen LogP) is 3.19. The second kappa shape index (κ2) is 5.47. The highest BCUT2D eigenvalue weighted by Gasteiger charge is 2.24. The standard InChI is InChI=1S/C15H13F2N3O/c16-11-4-1-5-12(17)13(11)20-15(21)10-3-2-8-18-14(10)19-9-6-7-9/h1-5,8-9H,6-7H2,(H,18,19)(H,20,21). The van der Waals surface area contributed by atoms with Crippen molar-refractivity contribution in [3.63, 3.8) is 0 Å². The molecule has 0 saturated heterocycles. The Morgan fingerprint density at radius 3 is 2.52 bits per heavy atom. The first-order chi connectivity index (χ1) is 10.1. The van der Waals surface area contributed by atoms with Crippen LogP contribution >= 0.6 is 0 Å². The predicted molar refractivity (Wildman–Crippen MR) is 75.2 cm³/mol. The molecule has 0 aliphatic heterocycles. The van der Waals surface area contributed by atoms with Gasteiger partial charge in [-0.1, -0.05) is 6.07 Å².